The second-order valence-electron chi connectivity index (χ2n) is 2.51. The van der Waals surface area contributed by atoms with Crippen LogP contribution in [0.2, 0.25) is 4.34 Å². The molecule has 4 nitrogen and oxygen atoms in total. The summed E-state index contributed by atoms with van der Waals surface area (Å²) in [4.78, 5) is 3.26. The van der Waals surface area contributed by atoms with Gasteiger partial charge in [0.1, 0.15) is 9.34 Å². The molecule has 0 bridgehead atoms. The van der Waals surface area contributed by atoms with Crippen molar-refractivity contribution in [3.63, 3.8) is 0 Å². The largest absolute Gasteiger partial charge is 0.413 e. The van der Waals surface area contributed by atoms with E-state index in [1.165, 1.54) is 0 Å². The lowest BCUT2D eigenvalue weighted by atomic mass is 10.4. The number of nitrogens with zero attached hydrogens (tertiary/aromatic N) is 1. The summed E-state index contributed by atoms with van der Waals surface area (Å²) < 4.78 is 58.6. The third kappa shape index (κ3) is 3.03. The molecule has 0 saturated carbocycles. The van der Waals surface area contributed by atoms with E-state index < -0.39 is 26.5 Å². The molecule has 15 heavy (non-hydrogen) atoms. The van der Waals surface area contributed by atoms with E-state index in [1.54, 1.807) is 0 Å². The minimum atomic E-state index is -5.01. The minimum Gasteiger partial charge on any atom is -0.246 e. The summed E-state index contributed by atoms with van der Waals surface area (Å²) in [5, 5.41) is 0.981. The molecule has 0 aromatic carbocycles. The number of hydrogen-bond acceptors (Lipinski definition) is 4. The molecule has 0 aliphatic carbocycles. The zero-order valence-electron chi connectivity index (χ0n) is 6.82. The lowest BCUT2D eigenvalue weighted by Crippen LogP contribution is -2.33. The molecule has 0 fully saturated rings. The molecule has 0 saturated heterocycles. The SMILES string of the molecule is NS(=O)(=O)C(c1ncc(Cl)s1)C(F)(F)F. The molecule has 0 aliphatic rings. The average molecular weight is 281 g/mol. The van der Waals surface area contributed by atoms with Crippen molar-refractivity contribution < 1.29 is 21.6 Å². The minimum absolute atomic E-state index is 0.0390. The summed E-state index contributed by atoms with van der Waals surface area (Å²) in [5.74, 6) is 0. The lowest BCUT2D eigenvalue weighted by molar-refractivity contribution is -0.131. The van der Waals surface area contributed by atoms with Gasteiger partial charge in [0, 0.05) is 0 Å². The van der Waals surface area contributed by atoms with Crippen molar-refractivity contribution >= 4 is 33.0 Å². The van der Waals surface area contributed by atoms with E-state index in [2.05, 4.69) is 10.1 Å². The topological polar surface area (TPSA) is 73.1 Å². The Morgan fingerprint density at radius 3 is 2.33 bits per heavy atom. The number of alkyl halides is 3. The highest BCUT2D eigenvalue weighted by molar-refractivity contribution is 7.89. The molecule has 86 valence electrons. The molecule has 0 aliphatic heterocycles. The highest BCUT2D eigenvalue weighted by atomic mass is 35.5. The van der Waals surface area contributed by atoms with Gasteiger partial charge >= 0.3 is 6.18 Å². The molecule has 2 N–H and O–H groups in total. The van der Waals surface area contributed by atoms with Crippen LogP contribution in [0.25, 0.3) is 0 Å². The van der Waals surface area contributed by atoms with Gasteiger partial charge in [0.15, 0.2) is 0 Å². The standard InChI is InChI=1S/C5H4ClF3N2O2S2/c6-2-1-11-4(14-2)3(5(7,8)9)15(10,12)13/h1,3H,(H2,10,12,13). The van der Waals surface area contributed by atoms with Gasteiger partial charge in [-0.25, -0.2) is 18.5 Å². The summed E-state index contributed by atoms with van der Waals surface area (Å²) >= 11 is 5.78. The first-order valence-electron chi connectivity index (χ1n) is 3.32. The molecule has 1 atom stereocenters. The van der Waals surface area contributed by atoms with Crippen molar-refractivity contribution in [1.82, 2.24) is 4.98 Å². The van der Waals surface area contributed by atoms with Crippen LogP contribution in [0.4, 0.5) is 13.2 Å². The highest BCUT2D eigenvalue weighted by Crippen LogP contribution is 2.40. The molecule has 10 heteroatoms. The molecule has 1 heterocycles. The van der Waals surface area contributed by atoms with Crippen LogP contribution in [0.15, 0.2) is 6.20 Å². The van der Waals surface area contributed by atoms with Crippen molar-refractivity contribution in [3.05, 3.63) is 15.5 Å². The van der Waals surface area contributed by atoms with Gasteiger partial charge in [-0.1, -0.05) is 11.6 Å². The van der Waals surface area contributed by atoms with E-state index in [0.717, 1.165) is 6.20 Å². The maximum Gasteiger partial charge on any atom is 0.413 e. The van der Waals surface area contributed by atoms with Crippen molar-refractivity contribution in [3.8, 4) is 0 Å². The number of hydrogen-bond donors (Lipinski definition) is 1. The highest BCUT2D eigenvalue weighted by Gasteiger charge is 2.50. The molecule has 1 unspecified atom stereocenters. The third-order valence-corrected chi connectivity index (χ3v) is 3.82. The second-order valence-corrected chi connectivity index (χ2v) is 5.86. The molecule has 0 amide bonds. The van der Waals surface area contributed by atoms with Crippen LogP contribution in [0, 0.1) is 0 Å². The first kappa shape index (κ1) is 12.7. The Morgan fingerprint density at radius 2 is 2.07 bits per heavy atom. The monoisotopic (exact) mass is 280 g/mol. The van der Waals surface area contributed by atoms with Crippen LogP contribution in [-0.4, -0.2) is 19.6 Å². The van der Waals surface area contributed by atoms with E-state index in [4.69, 9.17) is 11.6 Å². The van der Waals surface area contributed by atoms with Crippen LogP contribution in [0.1, 0.15) is 10.3 Å². The number of aromatic nitrogens is 1. The van der Waals surface area contributed by atoms with Gasteiger partial charge in [0.05, 0.1) is 6.20 Å². The quantitative estimate of drug-likeness (QED) is 0.896. The second kappa shape index (κ2) is 3.89. The molecular formula is C5H4ClF3N2O2S2. The maximum atomic E-state index is 12.4. The smallest absolute Gasteiger partial charge is 0.246 e. The fraction of sp³-hybridized carbons (Fsp3) is 0.400. The van der Waals surface area contributed by atoms with E-state index in [9.17, 15) is 21.6 Å². The van der Waals surface area contributed by atoms with Gasteiger partial charge in [-0.2, -0.15) is 13.2 Å². The Kier molecular flexibility index (Phi) is 3.29. The maximum absolute atomic E-state index is 12.4. The normalized spacial score (nSPS) is 15.3. The van der Waals surface area contributed by atoms with Gasteiger partial charge in [-0.3, -0.25) is 0 Å². The Hall–Kier alpha value is -0.380. The fourth-order valence-electron chi connectivity index (χ4n) is 0.855. The Labute approximate surface area is 91.9 Å². The Balaban J connectivity index is 3.26. The first-order chi connectivity index (χ1) is 6.62. The van der Waals surface area contributed by atoms with Crippen molar-refractivity contribution in [1.29, 1.82) is 0 Å². The van der Waals surface area contributed by atoms with E-state index in [-0.39, 0.29) is 4.34 Å². The number of primary sulfonamides is 1. The van der Waals surface area contributed by atoms with Crippen molar-refractivity contribution in [2.24, 2.45) is 5.14 Å². The summed E-state index contributed by atoms with van der Waals surface area (Å²) in [7, 11) is -4.80. The van der Waals surface area contributed by atoms with Gasteiger partial charge in [-0.15, -0.1) is 11.3 Å². The molecule has 1 aromatic heterocycles. The lowest BCUT2D eigenvalue weighted by Gasteiger charge is -2.15. The zero-order chi connectivity index (χ0) is 11.9. The van der Waals surface area contributed by atoms with Crippen LogP contribution in [-0.2, 0) is 10.0 Å². The molecule has 0 radical (unpaired) electrons. The van der Waals surface area contributed by atoms with Crippen LogP contribution in [0.3, 0.4) is 0 Å². The average Bonchev–Trinajstić information content (AvgIpc) is 2.28. The van der Waals surface area contributed by atoms with Crippen LogP contribution >= 0.6 is 22.9 Å². The van der Waals surface area contributed by atoms with E-state index in [1.807, 2.05) is 0 Å². The zero-order valence-corrected chi connectivity index (χ0v) is 9.21. The number of sulfonamides is 1. The van der Waals surface area contributed by atoms with Gasteiger partial charge < -0.3 is 0 Å². The van der Waals surface area contributed by atoms with Crippen LogP contribution < -0.4 is 5.14 Å². The molecular weight excluding hydrogens is 277 g/mol. The summed E-state index contributed by atoms with van der Waals surface area (Å²) in [5.41, 5.74) is 0. The number of rotatable bonds is 2. The van der Waals surface area contributed by atoms with E-state index >= 15 is 0 Å². The van der Waals surface area contributed by atoms with Crippen molar-refractivity contribution in [2.45, 2.75) is 11.4 Å². The summed E-state index contributed by atoms with van der Waals surface area (Å²) in [6.07, 6.45) is -4.07. The predicted octanol–water partition coefficient (Wildman–Crippen LogP) is 1.69. The summed E-state index contributed by atoms with van der Waals surface area (Å²) in [6, 6.07) is 0. The number of halogens is 4. The Morgan fingerprint density at radius 1 is 1.53 bits per heavy atom. The van der Waals surface area contributed by atoms with Gasteiger partial charge in [0.2, 0.25) is 15.3 Å². The van der Waals surface area contributed by atoms with E-state index in [0.29, 0.717) is 11.3 Å². The van der Waals surface area contributed by atoms with Crippen molar-refractivity contribution in [2.75, 3.05) is 0 Å². The predicted molar refractivity (Wildman–Crippen MR) is 49.0 cm³/mol. The molecule has 1 rings (SSSR count). The third-order valence-electron chi connectivity index (χ3n) is 1.35. The van der Waals surface area contributed by atoms with Gasteiger partial charge in [-0.05, 0) is 0 Å². The molecule has 1 aromatic rings. The number of thiazole rings is 1. The first-order valence-corrected chi connectivity index (χ1v) is 6.12. The van der Waals surface area contributed by atoms with Gasteiger partial charge in [0.25, 0.3) is 0 Å². The number of nitrogens with two attached hydrogens (primary N) is 1. The Bertz CT molecular complexity index is 455. The molecule has 0 spiro atoms. The van der Waals surface area contributed by atoms with Crippen LogP contribution in [0.5, 0.6) is 0 Å². The fourth-order valence-corrected chi connectivity index (χ4v) is 3.05. The summed E-state index contributed by atoms with van der Waals surface area (Å²) in [6.45, 7) is 0.